The molecule has 2 rings (SSSR count). The van der Waals surface area contributed by atoms with Crippen LogP contribution in [0, 0.1) is 11.8 Å². The molecule has 2 fully saturated rings. The van der Waals surface area contributed by atoms with E-state index in [2.05, 4.69) is 5.32 Å². The third-order valence-electron chi connectivity index (χ3n) is 3.01. The highest BCUT2D eigenvalue weighted by molar-refractivity contribution is 5.89. The summed E-state index contributed by atoms with van der Waals surface area (Å²) in [7, 11) is 0. The lowest BCUT2D eigenvalue weighted by Gasteiger charge is -2.23. The Balaban J connectivity index is 1.75. The first kappa shape index (κ1) is 10.4. The van der Waals surface area contributed by atoms with Gasteiger partial charge in [0.1, 0.15) is 0 Å². The maximum absolute atomic E-state index is 11.6. The van der Waals surface area contributed by atoms with E-state index in [4.69, 9.17) is 9.84 Å². The molecule has 1 aliphatic heterocycles. The maximum atomic E-state index is 11.6. The lowest BCUT2D eigenvalue weighted by Crippen LogP contribution is -2.40. The zero-order valence-corrected chi connectivity index (χ0v) is 8.44. The second kappa shape index (κ2) is 4.18. The summed E-state index contributed by atoms with van der Waals surface area (Å²) in [6.07, 6.45) is 2.15. The van der Waals surface area contributed by atoms with Gasteiger partial charge in [-0.25, -0.2) is 0 Å². The Kier molecular flexibility index (Phi) is 2.90. The molecule has 1 aliphatic carbocycles. The summed E-state index contributed by atoms with van der Waals surface area (Å²) in [5, 5.41) is 11.6. The van der Waals surface area contributed by atoms with Gasteiger partial charge in [-0.3, -0.25) is 9.59 Å². The van der Waals surface area contributed by atoms with Crippen LogP contribution in [0.25, 0.3) is 0 Å². The number of carbonyl (C=O) groups excluding carboxylic acids is 1. The van der Waals surface area contributed by atoms with Gasteiger partial charge in [0.15, 0.2) is 0 Å². The Hall–Kier alpha value is -1.10. The van der Waals surface area contributed by atoms with Crippen molar-refractivity contribution in [2.45, 2.75) is 25.3 Å². The van der Waals surface area contributed by atoms with Crippen LogP contribution >= 0.6 is 0 Å². The molecule has 5 heteroatoms. The van der Waals surface area contributed by atoms with Crippen molar-refractivity contribution < 1.29 is 19.4 Å². The molecule has 84 valence electrons. The van der Waals surface area contributed by atoms with E-state index < -0.39 is 11.9 Å². The quantitative estimate of drug-likeness (QED) is 0.692. The molecule has 1 saturated carbocycles. The SMILES string of the molecule is O=C(O)C1CC1C(=O)NC1CCOCC1. The van der Waals surface area contributed by atoms with Crippen LogP contribution in [-0.2, 0) is 14.3 Å². The van der Waals surface area contributed by atoms with Crippen LogP contribution in [0.2, 0.25) is 0 Å². The van der Waals surface area contributed by atoms with E-state index in [0.717, 1.165) is 12.8 Å². The molecule has 0 aromatic rings. The lowest BCUT2D eigenvalue weighted by atomic mass is 10.1. The third-order valence-corrected chi connectivity index (χ3v) is 3.01. The summed E-state index contributed by atoms with van der Waals surface area (Å²) >= 11 is 0. The molecule has 15 heavy (non-hydrogen) atoms. The summed E-state index contributed by atoms with van der Waals surface area (Å²) in [4.78, 5) is 22.1. The summed E-state index contributed by atoms with van der Waals surface area (Å²) in [5.74, 6) is -1.72. The largest absolute Gasteiger partial charge is 0.481 e. The van der Waals surface area contributed by atoms with Gasteiger partial charge < -0.3 is 15.2 Å². The molecule has 2 N–H and O–H groups in total. The van der Waals surface area contributed by atoms with Crippen LogP contribution in [-0.4, -0.2) is 36.2 Å². The van der Waals surface area contributed by atoms with Crippen molar-refractivity contribution in [3.05, 3.63) is 0 Å². The van der Waals surface area contributed by atoms with E-state index in [0.29, 0.717) is 19.6 Å². The number of nitrogens with one attached hydrogen (secondary N) is 1. The normalized spacial score (nSPS) is 30.9. The summed E-state index contributed by atoms with van der Waals surface area (Å²) in [6.45, 7) is 1.36. The van der Waals surface area contributed by atoms with E-state index in [1.165, 1.54) is 0 Å². The summed E-state index contributed by atoms with van der Waals surface area (Å²) in [5.41, 5.74) is 0. The number of amides is 1. The highest BCUT2D eigenvalue weighted by Crippen LogP contribution is 2.38. The number of aliphatic carboxylic acids is 1. The Morgan fingerprint density at radius 1 is 1.20 bits per heavy atom. The second-order valence-corrected chi connectivity index (χ2v) is 4.18. The van der Waals surface area contributed by atoms with Crippen molar-refractivity contribution >= 4 is 11.9 Å². The first-order chi connectivity index (χ1) is 7.18. The fraction of sp³-hybridized carbons (Fsp3) is 0.800. The van der Waals surface area contributed by atoms with Crippen LogP contribution in [0.15, 0.2) is 0 Å². The summed E-state index contributed by atoms with van der Waals surface area (Å²) in [6, 6.07) is 0.168. The number of hydrogen-bond acceptors (Lipinski definition) is 3. The van der Waals surface area contributed by atoms with Crippen LogP contribution in [0.1, 0.15) is 19.3 Å². The van der Waals surface area contributed by atoms with Gasteiger partial charge in [0.05, 0.1) is 11.8 Å². The van der Waals surface area contributed by atoms with Crippen molar-refractivity contribution in [1.29, 1.82) is 0 Å². The van der Waals surface area contributed by atoms with E-state index in [1.807, 2.05) is 0 Å². The minimum Gasteiger partial charge on any atom is -0.481 e. The van der Waals surface area contributed by atoms with Crippen molar-refractivity contribution in [1.82, 2.24) is 5.32 Å². The number of ether oxygens (including phenoxy) is 1. The van der Waals surface area contributed by atoms with Gasteiger partial charge in [-0.05, 0) is 19.3 Å². The predicted molar refractivity (Wildman–Crippen MR) is 51.2 cm³/mol. The highest BCUT2D eigenvalue weighted by atomic mass is 16.5. The number of hydrogen-bond donors (Lipinski definition) is 2. The molecule has 5 nitrogen and oxygen atoms in total. The van der Waals surface area contributed by atoms with Crippen LogP contribution in [0.3, 0.4) is 0 Å². The van der Waals surface area contributed by atoms with Crippen LogP contribution < -0.4 is 5.32 Å². The third kappa shape index (κ3) is 2.47. The lowest BCUT2D eigenvalue weighted by molar-refractivity contribution is -0.140. The molecule has 2 unspecified atom stereocenters. The predicted octanol–water partition coefficient (Wildman–Crippen LogP) is 0.00230. The molecule has 0 aromatic heterocycles. The Morgan fingerprint density at radius 3 is 2.40 bits per heavy atom. The van der Waals surface area contributed by atoms with Crippen molar-refractivity contribution in [3.63, 3.8) is 0 Å². The van der Waals surface area contributed by atoms with Crippen molar-refractivity contribution in [3.8, 4) is 0 Å². The second-order valence-electron chi connectivity index (χ2n) is 4.18. The zero-order valence-electron chi connectivity index (χ0n) is 8.44. The number of carboxylic acid groups (broad SMARTS) is 1. The van der Waals surface area contributed by atoms with Crippen molar-refractivity contribution in [2.75, 3.05) is 13.2 Å². The van der Waals surface area contributed by atoms with Gasteiger partial charge in [-0.15, -0.1) is 0 Å². The topological polar surface area (TPSA) is 75.6 Å². The van der Waals surface area contributed by atoms with E-state index >= 15 is 0 Å². The van der Waals surface area contributed by atoms with Gasteiger partial charge in [-0.2, -0.15) is 0 Å². The zero-order chi connectivity index (χ0) is 10.8. The molecule has 1 saturated heterocycles. The average molecular weight is 213 g/mol. The minimum atomic E-state index is -0.859. The van der Waals surface area contributed by atoms with Crippen LogP contribution in [0.5, 0.6) is 0 Å². The molecule has 1 amide bonds. The first-order valence-electron chi connectivity index (χ1n) is 5.29. The molecule has 2 aliphatic rings. The Labute approximate surface area is 87.8 Å². The summed E-state index contributed by atoms with van der Waals surface area (Å²) < 4.78 is 5.17. The molecule has 0 radical (unpaired) electrons. The fourth-order valence-electron chi connectivity index (χ4n) is 1.91. The number of carboxylic acids is 1. The Bertz CT molecular complexity index is 273. The smallest absolute Gasteiger partial charge is 0.307 e. The Morgan fingerprint density at radius 2 is 1.87 bits per heavy atom. The number of carbonyl (C=O) groups is 2. The fourth-order valence-corrected chi connectivity index (χ4v) is 1.91. The maximum Gasteiger partial charge on any atom is 0.307 e. The molecule has 0 bridgehead atoms. The van der Waals surface area contributed by atoms with Crippen LogP contribution in [0.4, 0.5) is 0 Å². The van der Waals surface area contributed by atoms with Gasteiger partial charge in [0.2, 0.25) is 5.91 Å². The molecule has 2 atom stereocenters. The molecule has 0 aromatic carbocycles. The van der Waals surface area contributed by atoms with Gasteiger partial charge in [0.25, 0.3) is 0 Å². The number of rotatable bonds is 3. The van der Waals surface area contributed by atoms with E-state index in [1.54, 1.807) is 0 Å². The minimum absolute atomic E-state index is 0.102. The van der Waals surface area contributed by atoms with Crippen molar-refractivity contribution in [2.24, 2.45) is 11.8 Å². The van der Waals surface area contributed by atoms with E-state index in [9.17, 15) is 9.59 Å². The molecule has 0 spiro atoms. The van der Waals surface area contributed by atoms with Gasteiger partial charge in [-0.1, -0.05) is 0 Å². The average Bonchev–Trinajstić information content (AvgIpc) is 2.98. The first-order valence-corrected chi connectivity index (χ1v) is 5.29. The highest BCUT2D eigenvalue weighted by Gasteiger charge is 2.48. The van der Waals surface area contributed by atoms with E-state index in [-0.39, 0.29) is 17.9 Å². The van der Waals surface area contributed by atoms with Gasteiger partial charge >= 0.3 is 5.97 Å². The molecular formula is C10H15NO4. The van der Waals surface area contributed by atoms with Gasteiger partial charge in [0, 0.05) is 19.3 Å². The monoisotopic (exact) mass is 213 g/mol. The molecule has 1 heterocycles. The standard InChI is InChI=1S/C10H15NO4/c12-9(7-5-8(7)10(13)14)11-6-1-3-15-4-2-6/h6-8H,1-5H2,(H,11,12)(H,13,14). The molecular weight excluding hydrogens is 198 g/mol.